The third kappa shape index (κ3) is 17.7. The van der Waals surface area contributed by atoms with Crippen LogP contribution in [0, 0.1) is 23.7 Å². The average molecular weight is 855 g/mol. The van der Waals surface area contributed by atoms with E-state index in [0.29, 0.717) is 24.0 Å². The van der Waals surface area contributed by atoms with E-state index in [2.05, 4.69) is 44.9 Å². The van der Waals surface area contributed by atoms with Crippen LogP contribution in [0.3, 0.4) is 0 Å². The van der Waals surface area contributed by atoms with Crippen molar-refractivity contribution in [2.24, 2.45) is 0 Å². The van der Waals surface area contributed by atoms with E-state index in [9.17, 15) is 60.0 Å². The molecule has 22 nitrogen and oxygen atoms in total. The van der Waals surface area contributed by atoms with Crippen LogP contribution in [0.15, 0.2) is 24.3 Å². The molecule has 0 saturated carbocycles. The molecule has 10 atom stereocenters. The Morgan fingerprint density at radius 2 is 0.883 bits per heavy atom. The summed E-state index contributed by atoms with van der Waals surface area (Å²) in [6.45, 7) is -2.13. The van der Waals surface area contributed by atoms with Crippen LogP contribution >= 0.6 is 0 Å². The van der Waals surface area contributed by atoms with Gasteiger partial charge in [0.15, 0.2) is 12.6 Å². The van der Waals surface area contributed by atoms with E-state index < -0.39 is 98.3 Å². The quantitative estimate of drug-likeness (QED) is 0.0381. The molecule has 0 aliphatic carbocycles. The highest BCUT2D eigenvalue weighted by Gasteiger charge is 2.45. The van der Waals surface area contributed by atoms with Crippen molar-refractivity contribution in [3.8, 4) is 23.7 Å². The van der Waals surface area contributed by atoms with Crippen molar-refractivity contribution < 1.29 is 88.5 Å². The Kier molecular flexibility index (Phi) is 22.9. The van der Waals surface area contributed by atoms with Gasteiger partial charge in [-0.15, -0.1) is 0 Å². The van der Waals surface area contributed by atoms with E-state index in [1.54, 1.807) is 24.3 Å². The first-order chi connectivity index (χ1) is 28.8. The number of aliphatic hydroxyl groups excluding tert-OH is 8. The van der Waals surface area contributed by atoms with Crippen LogP contribution in [0.4, 0.5) is 0 Å². The van der Waals surface area contributed by atoms with Gasteiger partial charge in [-0.1, -0.05) is 23.7 Å². The van der Waals surface area contributed by atoms with E-state index in [1.165, 1.54) is 0 Å². The highest BCUT2D eigenvalue weighted by atomic mass is 16.7. The van der Waals surface area contributed by atoms with Crippen LogP contribution in [0.5, 0.6) is 0 Å². The van der Waals surface area contributed by atoms with Crippen molar-refractivity contribution >= 4 is 23.6 Å². The van der Waals surface area contributed by atoms with Gasteiger partial charge in [-0.25, -0.2) is 0 Å². The molecule has 12 N–H and O–H groups in total. The third-order valence-corrected chi connectivity index (χ3v) is 8.58. The summed E-state index contributed by atoms with van der Waals surface area (Å²) < 4.78 is 31.3. The molecule has 2 aliphatic rings. The number of nitrogens with one attached hydrogen (secondary N) is 4. The molecule has 2 fully saturated rings. The van der Waals surface area contributed by atoms with E-state index in [-0.39, 0.29) is 65.8 Å². The van der Waals surface area contributed by atoms with Crippen molar-refractivity contribution in [1.82, 2.24) is 21.3 Å². The molecule has 60 heavy (non-hydrogen) atoms. The molecule has 4 amide bonds. The van der Waals surface area contributed by atoms with Gasteiger partial charge in [0, 0.05) is 24.2 Å². The Labute approximate surface area is 345 Å². The highest BCUT2D eigenvalue weighted by Crippen LogP contribution is 2.23. The van der Waals surface area contributed by atoms with Crippen molar-refractivity contribution in [1.29, 1.82) is 0 Å². The summed E-state index contributed by atoms with van der Waals surface area (Å²) in [7, 11) is 0. The van der Waals surface area contributed by atoms with Gasteiger partial charge in [0.05, 0.1) is 39.5 Å². The maximum absolute atomic E-state index is 12.0. The fraction of sp³-hybridized carbons (Fsp3) is 0.632. The Balaban J connectivity index is 1.17. The van der Waals surface area contributed by atoms with Crippen LogP contribution in [0.2, 0.25) is 0 Å². The molecule has 22 heteroatoms. The Bertz CT molecular complexity index is 1490. The topological polar surface area (TPSA) is 334 Å². The maximum atomic E-state index is 12.0. The molecule has 3 rings (SSSR count). The van der Waals surface area contributed by atoms with Gasteiger partial charge in [-0.05, 0) is 37.1 Å². The molecule has 1 aromatic rings. The zero-order chi connectivity index (χ0) is 43.9. The smallest absolute Gasteiger partial charge is 0.246 e. The summed E-state index contributed by atoms with van der Waals surface area (Å²) in [5, 5.41) is 87.7. The molecule has 0 radical (unpaired) electrons. The summed E-state index contributed by atoms with van der Waals surface area (Å²) in [6, 6.07) is 6.92. The molecule has 0 aromatic heterocycles. The second-order valence-corrected chi connectivity index (χ2v) is 13.3. The van der Waals surface area contributed by atoms with Gasteiger partial charge in [0.1, 0.15) is 75.3 Å². The third-order valence-electron chi connectivity index (χ3n) is 8.58. The fourth-order valence-electron chi connectivity index (χ4n) is 5.30. The first-order valence-electron chi connectivity index (χ1n) is 19.0. The molecule has 2 heterocycles. The number of carbonyl (C=O) groups is 4. The highest BCUT2D eigenvalue weighted by molar-refractivity contribution is 5.80. The minimum absolute atomic E-state index is 0.0316. The summed E-state index contributed by atoms with van der Waals surface area (Å²) in [6.07, 6.45) is -13.2. The van der Waals surface area contributed by atoms with E-state index >= 15 is 0 Å². The van der Waals surface area contributed by atoms with Gasteiger partial charge < -0.3 is 90.5 Å². The van der Waals surface area contributed by atoms with Crippen LogP contribution in [-0.4, -0.2) is 205 Å². The normalized spacial score (nSPS) is 26.1. The minimum Gasteiger partial charge on any atom is -0.394 e. The fourth-order valence-corrected chi connectivity index (χ4v) is 5.30. The monoisotopic (exact) mass is 854 g/mol. The largest absolute Gasteiger partial charge is 0.394 e. The lowest BCUT2D eigenvalue weighted by Gasteiger charge is -2.39. The Morgan fingerprint density at radius 3 is 1.23 bits per heavy atom. The predicted molar refractivity (Wildman–Crippen MR) is 203 cm³/mol. The molecule has 0 unspecified atom stereocenters. The predicted octanol–water partition coefficient (Wildman–Crippen LogP) is -6.70. The van der Waals surface area contributed by atoms with Gasteiger partial charge in [-0.2, -0.15) is 0 Å². The number of aliphatic hydroxyl groups is 8. The average Bonchev–Trinajstić information content (AvgIpc) is 3.24. The first kappa shape index (κ1) is 50.0. The number of carbonyl (C=O) groups excluding carboxylic acids is 4. The van der Waals surface area contributed by atoms with Crippen LogP contribution < -0.4 is 21.3 Å². The van der Waals surface area contributed by atoms with Gasteiger partial charge in [-0.3, -0.25) is 19.2 Å². The van der Waals surface area contributed by atoms with Crippen LogP contribution in [0.1, 0.15) is 24.0 Å². The molecule has 0 spiro atoms. The number of hydrogen-bond acceptors (Lipinski definition) is 18. The zero-order valence-corrected chi connectivity index (χ0v) is 32.6. The van der Waals surface area contributed by atoms with Crippen molar-refractivity contribution in [3.63, 3.8) is 0 Å². The molecule has 0 bridgehead atoms. The van der Waals surface area contributed by atoms with E-state index in [0.717, 1.165) is 0 Å². The van der Waals surface area contributed by atoms with Crippen LogP contribution in [-0.2, 0) is 47.6 Å². The molecule has 2 saturated heterocycles. The molecule has 1 aromatic carbocycles. The number of amides is 4. The SMILES string of the molecule is O=C(COCC(=O)NCCCO[C@H]1O[C@H](CO)[C@@H](O)[C@H](O)[C@@H]1O)NCC#Cc1ccc(C#CCNC(=O)COCC(=O)NCCCO[C@H]2O[C@H](CO)[C@@H](O)[C@H](O)[C@@H]2O)cc1. The number of benzene rings is 1. The standard InChI is InChI=1S/C38H54N4O18/c43-17-25-31(49)33(51)35(53)37(59-25)57-15-3-13-41-29(47)21-55-19-27(45)39-11-1-5-23-7-9-24(10-8-23)6-2-12-40-28(46)20-56-22-30(48)42-14-4-16-58-38-36(54)34(52)32(50)26(18-44)60-38/h7-10,25-26,31-38,43-44,49-54H,3-4,11-22H2,(H,39,45)(H,40,46)(H,41,47)(H,42,48)/t25-,26-,31-,32-,33+,34+,35+,36+,37+,38+/m1/s1. The van der Waals surface area contributed by atoms with Gasteiger partial charge in [0.25, 0.3) is 0 Å². The number of ether oxygens (including phenoxy) is 6. The number of rotatable bonds is 22. The lowest BCUT2D eigenvalue weighted by molar-refractivity contribution is -0.301. The van der Waals surface area contributed by atoms with E-state index in [1.807, 2.05) is 0 Å². The van der Waals surface area contributed by atoms with Crippen molar-refractivity contribution in [3.05, 3.63) is 35.4 Å². The first-order valence-corrected chi connectivity index (χ1v) is 19.0. The number of hydrogen-bond donors (Lipinski definition) is 12. The van der Waals surface area contributed by atoms with E-state index in [4.69, 9.17) is 28.4 Å². The molecular formula is C38H54N4O18. The zero-order valence-electron chi connectivity index (χ0n) is 32.6. The summed E-state index contributed by atoms with van der Waals surface area (Å²) in [4.78, 5) is 47.9. The lowest BCUT2D eigenvalue weighted by Crippen LogP contribution is -2.59. The maximum Gasteiger partial charge on any atom is 0.246 e. The van der Waals surface area contributed by atoms with Crippen molar-refractivity contribution in [2.45, 2.75) is 74.3 Å². The second kappa shape index (κ2) is 27.5. The van der Waals surface area contributed by atoms with Crippen LogP contribution in [0.25, 0.3) is 0 Å². The lowest BCUT2D eigenvalue weighted by atomic mass is 9.99. The van der Waals surface area contributed by atoms with Gasteiger partial charge in [0.2, 0.25) is 23.6 Å². The molecular weight excluding hydrogens is 800 g/mol. The summed E-state index contributed by atoms with van der Waals surface area (Å²) >= 11 is 0. The summed E-state index contributed by atoms with van der Waals surface area (Å²) in [5.74, 6) is 9.47. The van der Waals surface area contributed by atoms with Gasteiger partial charge >= 0.3 is 0 Å². The summed E-state index contributed by atoms with van der Waals surface area (Å²) in [5.41, 5.74) is 1.33. The Hall–Kier alpha value is -4.34. The van der Waals surface area contributed by atoms with Crippen molar-refractivity contribution in [2.75, 3.05) is 79.0 Å². The Morgan fingerprint density at radius 1 is 0.533 bits per heavy atom. The molecule has 334 valence electrons. The minimum atomic E-state index is -1.55. The second-order valence-electron chi connectivity index (χ2n) is 13.3. The molecule has 2 aliphatic heterocycles.